The van der Waals surface area contributed by atoms with E-state index in [9.17, 15) is 12.8 Å². The molecule has 0 saturated carbocycles. The van der Waals surface area contributed by atoms with Gasteiger partial charge in [-0.15, -0.1) is 0 Å². The zero-order valence-electron chi connectivity index (χ0n) is 8.82. The Morgan fingerprint density at radius 2 is 1.24 bits per heavy atom. The van der Waals surface area contributed by atoms with E-state index in [1.54, 1.807) is 36.4 Å². The zero-order chi connectivity index (χ0) is 12.7. The summed E-state index contributed by atoms with van der Waals surface area (Å²) in [6, 6.07) is 15.4. The Morgan fingerprint density at radius 1 is 0.824 bits per heavy atom. The maximum absolute atomic E-state index is 11.9. The summed E-state index contributed by atoms with van der Waals surface area (Å²) in [7, 11) is -4.00. The van der Waals surface area contributed by atoms with Crippen molar-refractivity contribution in [2.24, 2.45) is 0 Å². The molecule has 0 amide bonds. The molecule has 0 atom stereocenters. The highest BCUT2D eigenvalue weighted by Gasteiger charge is 2.05. The van der Waals surface area contributed by atoms with Gasteiger partial charge in [-0.05, 0) is 24.3 Å². The number of hydrogen-bond acceptors (Lipinski definition) is 2. The van der Waals surface area contributed by atoms with Gasteiger partial charge in [0.25, 0.3) is 10.1 Å². The summed E-state index contributed by atoms with van der Waals surface area (Å²) in [4.78, 5) is -0.0741. The average molecular weight is 254 g/mol. The Hall–Kier alpha value is -1.72. The van der Waals surface area contributed by atoms with Crippen LogP contribution in [0, 0.1) is 5.82 Å². The Labute approximate surface area is 99.3 Å². The smallest absolute Gasteiger partial charge is 0.282 e. The standard InChI is InChI=1S/C6H5F.C6H6O3S/c7-6-4-2-1-3-5-6;7-10(8,9)6-4-2-1-3-5-6/h1-5H;1-5H,(H,7,8,9). The highest BCUT2D eigenvalue weighted by Crippen LogP contribution is 2.05. The van der Waals surface area contributed by atoms with E-state index >= 15 is 0 Å². The minimum absolute atomic E-state index is 0.0741. The van der Waals surface area contributed by atoms with Gasteiger partial charge in [0, 0.05) is 0 Å². The first-order valence-electron chi connectivity index (χ1n) is 4.73. The Balaban J connectivity index is 0.000000181. The molecule has 0 unspecified atom stereocenters. The molecule has 2 aromatic carbocycles. The van der Waals surface area contributed by atoms with Crippen LogP contribution in [0.15, 0.2) is 65.6 Å². The van der Waals surface area contributed by atoms with Gasteiger partial charge in [0.2, 0.25) is 0 Å². The van der Waals surface area contributed by atoms with Crippen molar-refractivity contribution in [3.8, 4) is 0 Å². The summed E-state index contributed by atoms with van der Waals surface area (Å²) >= 11 is 0. The monoisotopic (exact) mass is 254 g/mol. The van der Waals surface area contributed by atoms with E-state index < -0.39 is 10.1 Å². The first-order valence-corrected chi connectivity index (χ1v) is 6.17. The summed E-state index contributed by atoms with van der Waals surface area (Å²) in [5.41, 5.74) is 0. The largest absolute Gasteiger partial charge is 0.294 e. The lowest BCUT2D eigenvalue weighted by Gasteiger charge is -1.92. The van der Waals surface area contributed by atoms with Gasteiger partial charge in [0.1, 0.15) is 5.82 Å². The second-order valence-electron chi connectivity index (χ2n) is 3.08. The molecule has 0 spiro atoms. The Bertz CT molecular complexity index is 538. The SMILES string of the molecule is Fc1ccccc1.O=S(=O)(O)c1ccccc1. The van der Waals surface area contributed by atoms with Crippen molar-refractivity contribution in [2.45, 2.75) is 4.90 Å². The quantitative estimate of drug-likeness (QED) is 0.796. The fraction of sp³-hybridized carbons (Fsp3) is 0. The molecule has 0 bridgehead atoms. The second kappa shape index (κ2) is 6.12. The summed E-state index contributed by atoms with van der Waals surface area (Å²) in [6.07, 6.45) is 0. The number of benzene rings is 2. The second-order valence-corrected chi connectivity index (χ2v) is 4.51. The van der Waals surface area contributed by atoms with E-state index in [0.717, 1.165) is 0 Å². The molecular weight excluding hydrogens is 243 g/mol. The van der Waals surface area contributed by atoms with E-state index in [-0.39, 0.29) is 10.7 Å². The van der Waals surface area contributed by atoms with Crippen molar-refractivity contribution in [2.75, 3.05) is 0 Å². The van der Waals surface area contributed by atoms with Crippen molar-refractivity contribution < 1.29 is 17.4 Å². The van der Waals surface area contributed by atoms with E-state index in [1.165, 1.54) is 24.3 Å². The molecule has 0 aromatic heterocycles. The van der Waals surface area contributed by atoms with Crippen molar-refractivity contribution in [3.05, 3.63) is 66.5 Å². The predicted molar refractivity (Wildman–Crippen MR) is 62.7 cm³/mol. The third kappa shape index (κ3) is 5.24. The molecule has 0 aliphatic rings. The van der Waals surface area contributed by atoms with Gasteiger partial charge in [-0.2, -0.15) is 8.42 Å². The maximum atomic E-state index is 11.9. The fourth-order valence-corrected chi connectivity index (χ4v) is 1.51. The molecular formula is C12H11FO3S. The van der Waals surface area contributed by atoms with Gasteiger partial charge in [-0.3, -0.25) is 4.55 Å². The molecule has 2 aromatic rings. The first-order chi connectivity index (χ1) is 8.00. The van der Waals surface area contributed by atoms with E-state index in [2.05, 4.69) is 0 Å². The van der Waals surface area contributed by atoms with Gasteiger partial charge < -0.3 is 0 Å². The molecule has 0 aliphatic carbocycles. The maximum Gasteiger partial charge on any atom is 0.294 e. The van der Waals surface area contributed by atoms with Crippen molar-refractivity contribution in [1.82, 2.24) is 0 Å². The van der Waals surface area contributed by atoms with Crippen LogP contribution in [0.5, 0.6) is 0 Å². The predicted octanol–water partition coefficient (Wildman–Crippen LogP) is 2.76. The molecule has 0 heterocycles. The molecule has 17 heavy (non-hydrogen) atoms. The Kier molecular flexibility index (Phi) is 4.81. The summed E-state index contributed by atoms with van der Waals surface area (Å²) in [5, 5.41) is 0. The minimum Gasteiger partial charge on any atom is -0.282 e. The molecule has 0 aliphatic heterocycles. The van der Waals surface area contributed by atoms with Gasteiger partial charge in [0.05, 0.1) is 4.90 Å². The normalized spacial score (nSPS) is 10.2. The van der Waals surface area contributed by atoms with Crippen LogP contribution in [0.3, 0.4) is 0 Å². The highest BCUT2D eigenvalue weighted by molar-refractivity contribution is 7.85. The van der Waals surface area contributed by atoms with Crippen molar-refractivity contribution in [3.63, 3.8) is 0 Å². The van der Waals surface area contributed by atoms with Gasteiger partial charge in [-0.25, -0.2) is 4.39 Å². The van der Waals surface area contributed by atoms with Crippen LogP contribution in [-0.4, -0.2) is 13.0 Å². The third-order valence-corrected chi connectivity index (χ3v) is 2.64. The van der Waals surface area contributed by atoms with Crippen LogP contribution >= 0.6 is 0 Å². The van der Waals surface area contributed by atoms with Crippen molar-refractivity contribution >= 4 is 10.1 Å². The molecule has 90 valence electrons. The van der Waals surface area contributed by atoms with E-state index in [1.807, 2.05) is 0 Å². The molecule has 5 heteroatoms. The zero-order valence-corrected chi connectivity index (χ0v) is 9.64. The lowest BCUT2D eigenvalue weighted by molar-refractivity contribution is 0.483. The topological polar surface area (TPSA) is 54.4 Å². The lowest BCUT2D eigenvalue weighted by Crippen LogP contribution is -1.96. The van der Waals surface area contributed by atoms with Crippen LogP contribution in [-0.2, 0) is 10.1 Å². The van der Waals surface area contributed by atoms with E-state index in [4.69, 9.17) is 4.55 Å². The molecule has 0 radical (unpaired) electrons. The summed E-state index contributed by atoms with van der Waals surface area (Å²) < 4.78 is 41.1. The van der Waals surface area contributed by atoms with Crippen molar-refractivity contribution in [1.29, 1.82) is 0 Å². The number of halogens is 1. The Morgan fingerprint density at radius 3 is 1.47 bits per heavy atom. The third-order valence-electron chi connectivity index (χ3n) is 1.77. The number of rotatable bonds is 1. The molecule has 1 N–H and O–H groups in total. The summed E-state index contributed by atoms with van der Waals surface area (Å²) in [6.45, 7) is 0. The molecule has 2 rings (SSSR count). The average Bonchev–Trinajstić information content (AvgIpc) is 2.31. The van der Waals surface area contributed by atoms with Crippen LogP contribution in [0.1, 0.15) is 0 Å². The van der Waals surface area contributed by atoms with Crippen LogP contribution in [0.2, 0.25) is 0 Å². The van der Waals surface area contributed by atoms with Gasteiger partial charge >= 0.3 is 0 Å². The van der Waals surface area contributed by atoms with Gasteiger partial charge in [-0.1, -0.05) is 36.4 Å². The minimum atomic E-state index is -4.00. The van der Waals surface area contributed by atoms with Crippen LogP contribution in [0.4, 0.5) is 4.39 Å². The summed E-state index contributed by atoms with van der Waals surface area (Å²) in [5.74, 6) is -0.178. The fourth-order valence-electron chi connectivity index (χ4n) is 1.01. The highest BCUT2D eigenvalue weighted by atomic mass is 32.2. The first kappa shape index (κ1) is 13.3. The molecule has 0 saturated heterocycles. The molecule has 3 nitrogen and oxygen atoms in total. The lowest BCUT2D eigenvalue weighted by atomic mass is 10.4. The van der Waals surface area contributed by atoms with Gasteiger partial charge in [0.15, 0.2) is 0 Å². The molecule has 0 fully saturated rings. The van der Waals surface area contributed by atoms with Crippen LogP contribution < -0.4 is 0 Å². The van der Waals surface area contributed by atoms with E-state index in [0.29, 0.717) is 0 Å². The number of hydrogen-bond donors (Lipinski definition) is 1. The van der Waals surface area contributed by atoms with Crippen LogP contribution in [0.25, 0.3) is 0 Å².